The average molecular weight is 423 g/mol. The van der Waals surface area contributed by atoms with Gasteiger partial charge in [0, 0.05) is 66.0 Å². The van der Waals surface area contributed by atoms with E-state index in [9.17, 15) is 4.79 Å². The number of amides is 1. The Balaban J connectivity index is 1.38. The molecule has 8 heteroatoms. The molecule has 0 spiro atoms. The van der Waals surface area contributed by atoms with Gasteiger partial charge in [0.2, 0.25) is 5.91 Å². The molecule has 3 aliphatic heterocycles. The van der Waals surface area contributed by atoms with Crippen LogP contribution in [0.3, 0.4) is 0 Å². The zero-order valence-corrected chi connectivity index (χ0v) is 19.3. The fourth-order valence-electron chi connectivity index (χ4n) is 4.79. The first-order valence-electron chi connectivity index (χ1n) is 11.8. The Labute approximate surface area is 182 Å². The van der Waals surface area contributed by atoms with Crippen LogP contribution in [0.5, 0.6) is 0 Å². The van der Waals surface area contributed by atoms with Gasteiger partial charge in [0.1, 0.15) is 0 Å². The second-order valence-corrected chi connectivity index (χ2v) is 9.35. The van der Waals surface area contributed by atoms with Gasteiger partial charge in [0.15, 0.2) is 5.96 Å². The molecular formula is C22H42N6O2. The van der Waals surface area contributed by atoms with Crippen molar-refractivity contribution in [1.29, 1.82) is 0 Å². The molecule has 172 valence electrons. The quantitative estimate of drug-likeness (QED) is 0.494. The predicted octanol–water partition coefficient (Wildman–Crippen LogP) is 0.406. The Hall–Kier alpha value is -1.38. The zero-order valence-electron chi connectivity index (χ0n) is 19.3. The fraction of sp³-hybridized carbons (Fsp3) is 0.909. The van der Waals surface area contributed by atoms with Crippen molar-refractivity contribution < 1.29 is 9.53 Å². The minimum atomic E-state index is 0.234. The number of morpholine rings is 1. The molecule has 0 aromatic heterocycles. The number of rotatable bonds is 6. The van der Waals surface area contributed by atoms with Crippen molar-refractivity contribution in [2.75, 3.05) is 92.3 Å². The number of nitrogens with one attached hydrogen (secondary N) is 1. The molecule has 8 nitrogen and oxygen atoms in total. The topological polar surface area (TPSA) is 63.7 Å². The van der Waals surface area contributed by atoms with Crippen LogP contribution in [0.4, 0.5) is 0 Å². The minimum Gasteiger partial charge on any atom is -0.378 e. The number of nitrogens with zero attached hydrogens (tertiary/aromatic N) is 5. The summed E-state index contributed by atoms with van der Waals surface area (Å²) in [4.78, 5) is 26.2. The number of piperazine rings is 1. The van der Waals surface area contributed by atoms with Gasteiger partial charge in [-0.1, -0.05) is 13.8 Å². The van der Waals surface area contributed by atoms with Crippen molar-refractivity contribution in [3.05, 3.63) is 0 Å². The van der Waals surface area contributed by atoms with E-state index in [2.05, 4.69) is 38.9 Å². The largest absolute Gasteiger partial charge is 0.378 e. The molecular weight excluding hydrogens is 380 g/mol. The molecule has 0 radical (unpaired) electrons. The summed E-state index contributed by atoms with van der Waals surface area (Å²) in [6, 6.07) is 0. The molecule has 0 aromatic carbocycles. The summed E-state index contributed by atoms with van der Waals surface area (Å²) in [5.74, 6) is 2.67. The molecule has 1 amide bonds. The molecule has 1 atom stereocenters. The molecule has 30 heavy (non-hydrogen) atoms. The number of hydrogen-bond donors (Lipinski definition) is 1. The summed E-state index contributed by atoms with van der Waals surface area (Å²) in [5.41, 5.74) is 0. The van der Waals surface area contributed by atoms with Crippen LogP contribution in [0.25, 0.3) is 0 Å². The Morgan fingerprint density at radius 1 is 1.03 bits per heavy atom. The van der Waals surface area contributed by atoms with Crippen molar-refractivity contribution in [3.63, 3.8) is 0 Å². The van der Waals surface area contributed by atoms with E-state index in [1.54, 1.807) is 0 Å². The van der Waals surface area contributed by atoms with Gasteiger partial charge >= 0.3 is 0 Å². The number of aliphatic imine (C=N–C) groups is 1. The molecule has 1 unspecified atom stereocenters. The van der Waals surface area contributed by atoms with E-state index in [0.717, 1.165) is 57.7 Å². The van der Waals surface area contributed by atoms with Crippen molar-refractivity contribution in [2.45, 2.75) is 26.7 Å². The van der Waals surface area contributed by atoms with E-state index in [1.165, 1.54) is 32.5 Å². The van der Waals surface area contributed by atoms with Crippen LogP contribution in [0.15, 0.2) is 4.99 Å². The van der Waals surface area contributed by atoms with Gasteiger partial charge in [0.05, 0.1) is 19.8 Å². The first kappa shape index (κ1) is 23.3. The van der Waals surface area contributed by atoms with Crippen LogP contribution < -0.4 is 5.32 Å². The predicted molar refractivity (Wildman–Crippen MR) is 121 cm³/mol. The van der Waals surface area contributed by atoms with Gasteiger partial charge in [-0.2, -0.15) is 0 Å². The first-order valence-corrected chi connectivity index (χ1v) is 11.8. The van der Waals surface area contributed by atoms with Gasteiger partial charge in [-0.25, -0.2) is 0 Å². The molecule has 0 bridgehead atoms. The zero-order chi connectivity index (χ0) is 21.3. The van der Waals surface area contributed by atoms with Crippen LogP contribution in [0.1, 0.15) is 26.7 Å². The SMILES string of the molecule is CN=C(NCC1CCCN(CC(C)C)C1)N1CCN(CC(=O)N2CCOCC2)CC1. The number of carbonyl (C=O) groups excluding carboxylic acids is 1. The number of carbonyl (C=O) groups is 1. The van der Waals surface area contributed by atoms with Gasteiger partial charge in [-0.05, 0) is 31.2 Å². The number of ether oxygens (including phenoxy) is 1. The maximum atomic E-state index is 12.5. The lowest BCUT2D eigenvalue weighted by molar-refractivity contribution is -0.136. The first-order chi connectivity index (χ1) is 14.5. The van der Waals surface area contributed by atoms with E-state index < -0.39 is 0 Å². The summed E-state index contributed by atoms with van der Waals surface area (Å²) in [6.45, 7) is 16.2. The molecule has 0 saturated carbocycles. The van der Waals surface area contributed by atoms with Gasteiger partial charge in [-0.3, -0.25) is 14.7 Å². The van der Waals surface area contributed by atoms with Crippen molar-refractivity contribution >= 4 is 11.9 Å². The minimum absolute atomic E-state index is 0.234. The highest BCUT2D eigenvalue weighted by Gasteiger charge is 2.25. The molecule has 3 heterocycles. The second kappa shape index (κ2) is 11.9. The lowest BCUT2D eigenvalue weighted by Gasteiger charge is -2.38. The molecule has 0 aromatic rings. The van der Waals surface area contributed by atoms with Crippen LogP contribution in [-0.4, -0.2) is 124 Å². The normalized spacial score (nSPS) is 25.1. The average Bonchev–Trinajstić information content (AvgIpc) is 2.75. The molecule has 3 saturated heterocycles. The van der Waals surface area contributed by atoms with E-state index in [-0.39, 0.29) is 5.91 Å². The smallest absolute Gasteiger partial charge is 0.236 e. The molecule has 1 N–H and O–H groups in total. The third kappa shape index (κ3) is 7.10. The monoisotopic (exact) mass is 422 g/mol. The molecule has 0 aliphatic carbocycles. The fourth-order valence-corrected chi connectivity index (χ4v) is 4.79. The van der Waals surface area contributed by atoms with E-state index in [0.29, 0.717) is 25.7 Å². The Kier molecular flexibility index (Phi) is 9.21. The van der Waals surface area contributed by atoms with Crippen molar-refractivity contribution in [1.82, 2.24) is 24.9 Å². The third-order valence-corrected chi connectivity index (χ3v) is 6.38. The van der Waals surface area contributed by atoms with Crippen LogP contribution >= 0.6 is 0 Å². The van der Waals surface area contributed by atoms with Crippen LogP contribution in [0.2, 0.25) is 0 Å². The Morgan fingerprint density at radius 3 is 2.43 bits per heavy atom. The van der Waals surface area contributed by atoms with E-state index in [4.69, 9.17) is 4.74 Å². The third-order valence-electron chi connectivity index (χ3n) is 6.38. The number of likely N-dealkylation sites (tertiary alicyclic amines) is 1. The van der Waals surface area contributed by atoms with E-state index >= 15 is 0 Å². The highest BCUT2D eigenvalue weighted by Crippen LogP contribution is 2.17. The highest BCUT2D eigenvalue weighted by atomic mass is 16.5. The van der Waals surface area contributed by atoms with Crippen molar-refractivity contribution in [3.8, 4) is 0 Å². The van der Waals surface area contributed by atoms with E-state index in [1.807, 2.05) is 11.9 Å². The Bertz CT molecular complexity index is 556. The molecule has 3 rings (SSSR count). The highest BCUT2D eigenvalue weighted by molar-refractivity contribution is 5.80. The van der Waals surface area contributed by atoms with Crippen LogP contribution in [-0.2, 0) is 9.53 Å². The van der Waals surface area contributed by atoms with Crippen molar-refractivity contribution in [2.24, 2.45) is 16.8 Å². The lowest BCUT2D eigenvalue weighted by atomic mass is 9.97. The van der Waals surface area contributed by atoms with Gasteiger partial charge in [-0.15, -0.1) is 0 Å². The number of hydrogen-bond acceptors (Lipinski definition) is 5. The molecule has 3 aliphatic rings. The summed E-state index contributed by atoms with van der Waals surface area (Å²) in [7, 11) is 1.88. The number of piperidine rings is 1. The van der Waals surface area contributed by atoms with Crippen LogP contribution in [0, 0.1) is 11.8 Å². The molecule has 3 fully saturated rings. The maximum Gasteiger partial charge on any atom is 0.236 e. The summed E-state index contributed by atoms with van der Waals surface area (Å²) in [5, 5.41) is 3.63. The lowest BCUT2D eigenvalue weighted by Crippen LogP contribution is -2.55. The Morgan fingerprint density at radius 2 is 1.77 bits per heavy atom. The van der Waals surface area contributed by atoms with Gasteiger partial charge < -0.3 is 24.8 Å². The van der Waals surface area contributed by atoms with Gasteiger partial charge in [0.25, 0.3) is 0 Å². The summed E-state index contributed by atoms with van der Waals surface area (Å²) >= 11 is 0. The standard InChI is InChI=1S/C22H42N6O2/c1-19(2)16-26-6-4-5-20(17-26)15-24-22(23-3)28-9-7-25(8-10-28)18-21(29)27-11-13-30-14-12-27/h19-20H,4-18H2,1-3H3,(H,23,24). The second-order valence-electron chi connectivity index (χ2n) is 9.35. The maximum absolute atomic E-state index is 12.5. The summed E-state index contributed by atoms with van der Waals surface area (Å²) < 4.78 is 5.34. The number of guanidine groups is 1. The summed E-state index contributed by atoms with van der Waals surface area (Å²) in [6.07, 6.45) is 2.60.